The highest BCUT2D eigenvalue weighted by Crippen LogP contribution is 2.12. The van der Waals surface area contributed by atoms with Gasteiger partial charge in [0.15, 0.2) is 5.65 Å². The lowest BCUT2D eigenvalue weighted by molar-refractivity contribution is 0.0662. The fourth-order valence-electron chi connectivity index (χ4n) is 3.03. The van der Waals surface area contributed by atoms with Crippen molar-refractivity contribution in [2.24, 2.45) is 0 Å². The van der Waals surface area contributed by atoms with Gasteiger partial charge in [0.1, 0.15) is 5.82 Å². The molecule has 0 aliphatic carbocycles. The number of H-pyrrole nitrogens is 1. The number of fused-ring (bicyclic) bond motifs is 1. The van der Waals surface area contributed by atoms with Crippen LogP contribution < -0.4 is 0 Å². The Bertz CT molecular complexity index is 861. The molecule has 0 saturated carbocycles. The van der Waals surface area contributed by atoms with Crippen LogP contribution in [-0.4, -0.2) is 83.1 Å². The first-order valence-corrected chi connectivity index (χ1v) is 8.05. The lowest BCUT2D eigenvalue weighted by Crippen LogP contribution is -2.37. The third-order valence-corrected chi connectivity index (χ3v) is 4.25. The highest BCUT2D eigenvalue weighted by molar-refractivity contribution is 5.95. The number of rotatable bonds is 3. The SMILES string of the molecule is O=C(c1ccn2nnnc2c1)N1CCN(Cc2ncc[nH]2)CC(O)C1. The predicted octanol–water partition coefficient (Wildman–Crippen LogP) is -0.834. The number of hydrogen-bond donors (Lipinski definition) is 2. The molecule has 0 radical (unpaired) electrons. The van der Waals surface area contributed by atoms with Crippen LogP contribution in [0.25, 0.3) is 5.65 Å². The van der Waals surface area contributed by atoms with E-state index in [9.17, 15) is 9.90 Å². The number of nitrogens with zero attached hydrogens (tertiary/aromatic N) is 7. The minimum Gasteiger partial charge on any atom is -0.390 e. The first-order chi connectivity index (χ1) is 12.2. The average Bonchev–Trinajstić information content (AvgIpc) is 3.24. The van der Waals surface area contributed by atoms with Crippen molar-refractivity contribution in [2.75, 3.05) is 26.2 Å². The van der Waals surface area contributed by atoms with Gasteiger partial charge in [-0.1, -0.05) is 0 Å². The molecular weight excluding hydrogens is 324 g/mol. The molecule has 4 rings (SSSR count). The molecule has 3 aromatic rings. The lowest BCUT2D eigenvalue weighted by Gasteiger charge is -2.21. The normalized spacial score (nSPS) is 19.2. The molecule has 130 valence electrons. The quantitative estimate of drug-likeness (QED) is 0.638. The zero-order chi connectivity index (χ0) is 17.2. The van der Waals surface area contributed by atoms with Crippen LogP contribution in [0.4, 0.5) is 0 Å². The van der Waals surface area contributed by atoms with Crippen LogP contribution >= 0.6 is 0 Å². The van der Waals surface area contributed by atoms with Gasteiger partial charge in [0.05, 0.1) is 12.6 Å². The Morgan fingerprint density at radius 3 is 3.12 bits per heavy atom. The van der Waals surface area contributed by atoms with E-state index in [-0.39, 0.29) is 5.91 Å². The molecule has 0 spiro atoms. The minimum absolute atomic E-state index is 0.135. The number of aromatic amines is 1. The number of aliphatic hydroxyl groups is 1. The first kappa shape index (κ1) is 15.7. The van der Waals surface area contributed by atoms with Gasteiger partial charge < -0.3 is 15.0 Å². The molecule has 10 heteroatoms. The van der Waals surface area contributed by atoms with Crippen molar-refractivity contribution in [1.82, 2.24) is 39.8 Å². The number of carbonyl (C=O) groups is 1. The monoisotopic (exact) mass is 342 g/mol. The van der Waals surface area contributed by atoms with Crippen LogP contribution in [0.15, 0.2) is 30.7 Å². The Labute approximate surface area is 143 Å². The van der Waals surface area contributed by atoms with Crippen molar-refractivity contribution in [3.63, 3.8) is 0 Å². The second-order valence-corrected chi connectivity index (χ2v) is 6.07. The molecule has 1 unspecified atom stereocenters. The van der Waals surface area contributed by atoms with Gasteiger partial charge in [-0.05, 0) is 22.6 Å². The maximum atomic E-state index is 12.8. The van der Waals surface area contributed by atoms with E-state index in [1.54, 1.807) is 35.6 Å². The molecule has 3 aromatic heterocycles. The summed E-state index contributed by atoms with van der Waals surface area (Å²) in [4.78, 5) is 23.8. The van der Waals surface area contributed by atoms with Crippen molar-refractivity contribution < 1.29 is 9.90 Å². The zero-order valence-electron chi connectivity index (χ0n) is 13.5. The number of pyridine rings is 1. The number of β-amino-alcohol motifs (C(OH)–C–C–N with tert-alkyl or cyclic N) is 1. The van der Waals surface area contributed by atoms with Crippen LogP contribution in [0.5, 0.6) is 0 Å². The number of carbonyl (C=O) groups excluding carboxylic acids is 1. The Hall–Kier alpha value is -2.85. The van der Waals surface area contributed by atoms with Gasteiger partial charge in [-0.2, -0.15) is 0 Å². The van der Waals surface area contributed by atoms with Gasteiger partial charge in [0.25, 0.3) is 5.91 Å². The van der Waals surface area contributed by atoms with E-state index in [1.165, 1.54) is 4.52 Å². The largest absolute Gasteiger partial charge is 0.390 e. The number of amides is 1. The predicted molar refractivity (Wildman–Crippen MR) is 86.6 cm³/mol. The summed E-state index contributed by atoms with van der Waals surface area (Å²) in [6, 6.07) is 3.34. The number of aromatic nitrogens is 6. The summed E-state index contributed by atoms with van der Waals surface area (Å²) in [6.07, 6.45) is 4.52. The molecule has 25 heavy (non-hydrogen) atoms. The zero-order valence-corrected chi connectivity index (χ0v) is 13.5. The van der Waals surface area contributed by atoms with Gasteiger partial charge in [-0.25, -0.2) is 9.50 Å². The lowest BCUT2D eigenvalue weighted by atomic mass is 10.2. The smallest absolute Gasteiger partial charge is 0.254 e. The maximum Gasteiger partial charge on any atom is 0.254 e. The Balaban J connectivity index is 1.47. The van der Waals surface area contributed by atoms with Gasteiger partial charge >= 0.3 is 0 Å². The number of imidazole rings is 1. The topological polar surface area (TPSA) is 116 Å². The van der Waals surface area contributed by atoms with Crippen molar-refractivity contribution in [1.29, 1.82) is 0 Å². The van der Waals surface area contributed by atoms with Crippen LogP contribution in [0.2, 0.25) is 0 Å². The van der Waals surface area contributed by atoms with E-state index in [4.69, 9.17) is 0 Å². The molecule has 1 aliphatic heterocycles. The third-order valence-electron chi connectivity index (χ3n) is 4.25. The maximum absolute atomic E-state index is 12.8. The van der Waals surface area contributed by atoms with E-state index < -0.39 is 6.10 Å². The summed E-state index contributed by atoms with van der Waals surface area (Å²) < 4.78 is 1.50. The molecule has 1 amide bonds. The van der Waals surface area contributed by atoms with E-state index in [0.29, 0.717) is 43.9 Å². The molecule has 4 heterocycles. The Morgan fingerprint density at radius 1 is 1.36 bits per heavy atom. The fraction of sp³-hybridized carbons (Fsp3) is 0.400. The highest BCUT2D eigenvalue weighted by atomic mass is 16.3. The van der Waals surface area contributed by atoms with E-state index >= 15 is 0 Å². The van der Waals surface area contributed by atoms with Crippen LogP contribution in [0, 0.1) is 0 Å². The van der Waals surface area contributed by atoms with Crippen LogP contribution in [-0.2, 0) is 6.54 Å². The van der Waals surface area contributed by atoms with Crippen molar-refractivity contribution >= 4 is 11.6 Å². The molecule has 1 aliphatic rings. The van der Waals surface area contributed by atoms with Gasteiger partial charge in [-0.3, -0.25) is 9.69 Å². The molecule has 0 aromatic carbocycles. The number of hydrogen-bond acceptors (Lipinski definition) is 7. The van der Waals surface area contributed by atoms with Gasteiger partial charge in [0, 0.05) is 50.3 Å². The second-order valence-electron chi connectivity index (χ2n) is 6.07. The van der Waals surface area contributed by atoms with Crippen molar-refractivity contribution in [2.45, 2.75) is 12.6 Å². The number of nitrogens with one attached hydrogen (secondary N) is 1. The summed E-state index contributed by atoms with van der Waals surface area (Å²) >= 11 is 0. The third kappa shape index (κ3) is 3.35. The minimum atomic E-state index is -0.611. The molecule has 2 N–H and O–H groups in total. The highest BCUT2D eigenvalue weighted by Gasteiger charge is 2.25. The first-order valence-electron chi connectivity index (χ1n) is 8.05. The fourth-order valence-corrected chi connectivity index (χ4v) is 3.03. The molecule has 1 atom stereocenters. The van der Waals surface area contributed by atoms with Crippen molar-refractivity contribution in [3.05, 3.63) is 42.1 Å². The van der Waals surface area contributed by atoms with Crippen LogP contribution in [0.1, 0.15) is 16.2 Å². The van der Waals surface area contributed by atoms with Crippen LogP contribution in [0.3, 0.4) is 0 Å². The standard InChI is InChI=1S/C15H18N8O2/c24-12-8-21(10-13-16-2-3-17-13)5-6-22(9-12)15(25)11-1-4-23-14(7-11)18-19-20-23/h1-4,7,12,24H,5-6,8-10H2,(H,16,17). The second kappa shape index (κ2) is 6.57. The number of tetrazole rings is 1. The average molecular weight is 342 g/mol. The summed E-state index contributed by atoms with van der Waals surface area (Å²) in [5.41, 5.74) is 1.02. The summed E-state index contributed by atoms with van der Waals surface area (Å²) in [5, 5.41) is 21.5. The summed E-state index contributed by atoms with van der Waals surface area (Å²) in [7, 11) is 0. The van der Waals surface area contributed by atoms with Gasteiger partial charge in [0.2, 0.25) is 0 Å². The molecule has 1 saturated heterocycles. The number of aliphatic hydroxyl groups excluding tert-OH is 1. The summed E-state index contributed by atoms with van der Waals surface area (Å²) in [6.45, 7) is 2.61. The van der Waals surface area contributed by atoms with Gasteiger partial charge in [-0.15, -0.1) is 5.10 Å². The van der Waals surface area contributed by atoms with E-state index in [0.717, 1.165) is 5.82 Å². The molecule has 10 nitrogen and oxygen atoms in total. The van der Waals surface area contributed by atoms with E-state index in [2.05, 4.69) is 30.4 Å². The summed E-state index contributed by atoms with van der Waals surface area (Å²) in [5.74, 6) is 0.709. The van der Waals surface area contributed by atoms with Crippen molar-refractivity contribution in [3.8, 4) is 0 Å². The molecule has 1 fully saturated rings. The molecular formula is C15H18N8O2. The molecule has 0 bridgehead atoms. The Morgan fingerprint density at radius 2 is 2.28 bits per heavy atom. The van der Waals surface area contributed by atoms with E-state index in [1.807, 2.05) is 0 Å². The Kier molecular flexibility index (Phi) is 4.12.